The summed E-state index contributed by atoms with van der Waals surface area (Å²) in [6, 6.07) is 3.41. The van der Waals surface area contributed by atoms with E-state index in [1.54, 1.807) is 12.1 Å². The average molecular weight is 417 g/mol. The van der Waals surface area contributed by atoms with Crippen molar-refractivity contribution in [2.75, 3.05) is 6.54 Å². The molecule has 142 valence electrons. The SMILES string of the molecule is O=C(O)CCC/C=C\[C@H]1CC=CC[C@@H]1CNCc1c(Cl)cc(Cl)cc1Cl. The monoisotopic (exact) mass is 415 g/mol. The third-order valence-corrected chi connectivity index (χ3v) is 5.47. The summed E-state index contributed by atoms with van der Waals surface area (Å²) in [5, 5.41) is 13.8. The van der Waals surface area contributed by atoms with Crippen LogP contribution in [0.5, 0.6) is 0 Å². The lowest BCUT2D eigenvalue weighted by Crippen LogP contribution is -2.28. The van der Waals surface area contributed by atoms with Gasteiger partial charge in [-0.25, -0.2) is 0 Å². The highest BCUT2D eigenvalue weighted by Crippen LogP contribution is 2.30. The van der Waals surface area contributed by atoms with Gasteiger partial charge >= 0.3 is 5.97 Å². The van der Waals surface area contributed by atoms with Crippen LogP contribution in [-0.4, -0.2) is 17.6 Å². The number of carbonyl (C=O) groups is 1. The molecule has 0 aromatic heterocycles. The Morgan fingerprint density at radius 1 is 1.19 bits per heavy atom. The fourth-order valence-electron chi connectivity index (χ4n) is 3.13. The molecule has 1 aliphatic rings. The summed E-state index contributed by atoms with van der Waals surface area (Å²) >= 11 is 18.4. The Morgan fingerprint density at radius 2 is 1.88 bits per heavy atom. The van der Waals surface area contributed by atoms with Crippen LogP contribution in [0.15, 0.2) is 36.4 Å². The van der Waals surface area contributed by atoms with Gasteiger partial charge in [-0.15, -0.1) is 0 Å². The van der Waals surface area contributed by atoms with Gasteiger partial charge in [0.2, 0.25) is 0 Å². The summed E-state index contributed by atoms with van der Waals surface area (Å²) in [6.45, 7) is 1.47. The molecule has 2 N–H and O–H groups in total. The van der Waals surface area contributed by atoms with Crippen LogP contribution >= 0.6 is 34.8 Å². The quantitative estimate of drug-likeness (QED) is 0.376. The summed E-state index contributed by atoms with van der Waals surface area (Å²) in [5.41, 5.74) is 0.866. The first-order valence-corrected chi connectivity index (χ1v) is 9.98. The molecule has 1 aromatic carbocycles. The van der Waals surface area contributed by atoms with E-state index in [0.29, 0.717) is 39.9 Å². The van der Waals surface area contributed by atoms with E-state index >= 15 is 0 Å². The van der Waals surface area contributed by atoms with Crippen LogP contribution in [0.4, 0.5) is 0 Å². The van der Waals surface area contributed by atoms with Gasteiger partial charge in [-0.3, -0.25) is 4.79 Å². The summed E-state index contributed by atoms with van der Waals surface area (Å²) in [5.74, 6) is 0.231. The zero-order valence-electron chi connectivity index (χ0n) is 14.6. The van der Waals surface area contributed by atoms with Gasteiger partial charge in [0.25, 0.3) is 0 Å². The van der Waals surface area contributed by atoms with Crippen molar-refractivity contribution in [3.63, 3.8) is 0 Å². The molecule has 2 rings (SSSR count). The second kappa shape index (κ2) is 11.0. The molecule has 6 heteroatoms. The van der Waals surface area contributed by atoms with Crippen LogP contribution in [0.3, 0.4) is 0 Å². The molecule has 0 amide bonds. The number of carboxylic acids is 1. The first-order valence-electron chi connectivity index (χ1n) is 8.85. The fourth-order valence-corrected chi connectivity index (χ4v) is 4.08. The minimum absolute atomic E-state index is 0.225. The number of benzene rings is 1. The average Bonchev–Trinajstić information content (AvgIpc) is 2.57. The van der Waals surface area contributed by atoms with Crippen molar-refractivity contribution in [1.82, 2.24) is 5.32 Å². The first-order chi connectivity index (χ1) is 12.5. The highest BCUT2D eigenvalue weighted by molar-refractivity contribution is 6.39. The van der Waals surface area contributed by atoms with Crippen molar-refractivity contribution in [2.24, 2.45) is 11.8 Å². The van der Waals surface area contributed by atoms with Gasteiger partial charge in [-0.05, 0) is 56.2 Å². The zero-order chi connectivity index (χ0) is 18.9. The molecular formula is C20H24Cl3NO2. The molecule has 0 fully saturated rings. The van der Waals surface area contributed by atoms with E-state index < -0.39 is 5.97 Å². The van der Waals surface area contributed by atoms with E-state index in [4.69, 9.17) is 39.9 Å². The molecule has 0 radical (unpaired) electrons. The summed E-state index contributed by atoms with van der Waals surface area (Å²) in [4.78, 5) is 10.6. The molecule has 1 aliphatic carbocycles. The van der Waals surface area contributed by atoms with E-state index in [1.165, 1.54) is 0 Å². The maximum Gasteiger partial charge on any atom is 0.303 e. The van der Waals surface area contributed by atoms with Gasteiger partial charge in [-0.2, -0.15) is 0 Å². The number of rotatable bonds is 9. The van der Waals surface area contributed by atoms with E-state index in [2.05, 4.69) is 29.6 Å². The molecule has 0 aliphatic heterocycles. The molecule has 1 aromatic rings. The predicted molar refractivity (Wildman–Crippen MR) is 109 cm³/mol. The van der Waals surface area contributed by atoms with E-state index in [9.17, 15) is 4.79 Å². The normalized spacial score (nSPS) is 20.0. The van der Waals surface area contributed by atoms with Gasteiger partial charge in [0.1, 0.15) is 0 Å². The Morgan fingerprint density at radius 3 is 2.58 bits per heavy atom. The fraction of sp³-hybridized carbons (Fsp3) is 0.450. The van der Waals surface area contributed by atoms with Gasteiger partial charge in [0.15, 0.2) is 0 Å². The van der Waals surface area contributed by atoms with Crippen LogP contribution < -0.4 is 5.32 Å². The summed E-state index contributed by atoms with van der Waals surface area (Å²) in [6.07, 6.45) is 12.6. The van der Waals surface area contributed by atoms with Crippen LogP contribution in [-0.2, 0) is 11.3 Å². The summed E-state index contributed by atoms with van der Waals surface area (Å²) in [7, 11) is 0. The minimum atomic E-state index is -0.736. The highest BCUT2D eigenvalue weighted by Gasteiger charge is 2.20. The maximum absolute atomic E-state index is 10.6. The zero-order valence-corrected chi connectivity index (χ0v) is 16.8. The number of aliphatic carboxylic acids is 1. The number of nitrogens with one attached hydrogen (secondary N) is 1. The van der Waals surface area contributed by atoms with Crippen LogP contribution in [0.1, 0.15) is 37.7 Å². The molecule has 0 saturated heterocycles. The lowest BCUT2D eigenvalue weighted by Gasteiger charge is -2.26. The summed E-state index contributed by atoms with van der Waals surface area (Å²) < 4.78 is 0. The van der Waals surface area contributed by atoms with Crippen molar-refractivity contribution >= 4 is 40.8 Å². The number of hydrogen-bond donors (Lipinski definition) is 2. The van der Waals surface area contributed by atoms with Crippen molar-refractivity contribution < 1.29 is 9.90 Å². The second-order valence-electron chi connectivity index (χ2n) is 6.56. The highest BCUT2D eigenvalue weighted by atomic mass is 35.5. The van der Waals surface area contributed by atoms with Crippen molar-refractivity contribution in [3.8, 4) is 0 Å². The molecular weight excluding hydrogens is 393 g/mol. The maximum atomic E-state index is 10.6. The molecule has 0 saturated carbocycles. The molecule has 0 unspecified atom stereocenters. The number of unbranched alkanes of at least 4 members (excludes halogenated alkanes) is 1. The number of carboxylic acid groups (broad SMARTS) is 1. The topological polar surface area (TPSA) is 49.3 Å². The first kappa shape index (κ1) is 21.3. The third-order valence-electron chi connectivity index (χ3n) is 4.58. The molecule has 0 spiro atoms. The number of allylic oxidation sites excluding steroid dienone is 4. The Kier molecular flexibility index (Phi) is 9.00. The van der Waals surface area contributed by atoms with Crippen LogP contribution in [0, 0.1) is 11.8 Å². The predicted octanol–water partition coefficient (Wildman–Crippen LogP) is 6.13. The Labute approximate surface area is 170 Å². The lowest BCUT2D eigenvalue weighted by molar-refractivity contribution is -0.137. The van der Waals surface area contributed by atoms with E-state index in [0.717, 1.165) is 31.4 Å². The van der Waals surface area contributed by atoms with E-state index in [-0.39, 0.29) is 6.42 Å². The van der Waals surface area contributed by atoms with Crippen molar-refractivity contribution in [2.45, 2.75) is 38.6 Å². The standard InChI is InChI=1S/C20H24Cl3NO2/c21-16-10-18(22)17(19(23)11-16)13-24-12-15-8-5-4-7-14(15)6-2-1-3-9-20(25)26/h2,4-6,10-11,14-15,24H,1,3,7-9,12-13H2,(H,25,26)/b6-2-/t14-,15+/m0/s1. The minimum Gasteiger partial charge on any atom is -0.481 e. The molecule has 3 nitrogen and oxygen atoms in total. The van der Waals surface area contributed by atoms with Crippen molar-refractivity contribution in [3.05, 3.63) is 57.1 Å². The lowest BCUT2D eigenvalue weighted by atomic mass is 9.82. The second-order valence-corrected chi connectivity index (χ2v) is 7.81. The Bertz CT molecular complexity index is 650. The molecule has 0 bridgehead atoms. The largest absolute Gasteiger partial charge is 0.481 e. The molecule has 26 heavy (non-hydrogen) atoms. The van der Waals surface area contributed by atoms with Crippen molar-refractivity contribution in [1.29, 1.82) is 0 Å². The molecule has 2 atom stereocenters. The van der Waals surface area contributed by atoms with Crippen LogP contribution in [0.2, 0.25) is 15.1 Å². The Balaban J connectivity index is 1.84. The third kappa shape index (κ3) is 6.96. The van der Waals surface area contributed by atoms with Gasteiger partial charge in [-0.1, -0.05) is 59.1 Å². The smallest absolute Gasteiger partial charge is 0.303 e. The van der Waals surface area contributed by atoms with Gasteiger partial charge < -0.3 is 10.4 Å². The molecule has 0 heterocycles. The van der Waals surface area contributed by atoms with Gasteiger partial charge in [0, 0.05) is 33.6 Å². The van der Waals surface area contributed by atoms with Crippen LogP contribution in [0.25, 0.3) is 0 Å². The number of hydrogen-bond acceptors (Lipinski definition) is 2. The van der Waals surface area contributed by atoms with Gasteiger partial charge in [0.05, 0.1) is 0 Å². The Hall–Kier alpha value is -1.000. The van der Waals surface area contributed by atoms with E-state index in [1.807, 2.05) is 0 Å². The number of halogens is 3.